The van der Waals surface area contributed by atoms with Gasteiger partial charge in [0.05, 0.1) is 6.10 Å². The zero-order valence-electron chi connectivity index (χ0n) is 7.30. The quantitative estimate of drug-likeness (QED) is 0.526. The summed E-state index contributed by atoms with van der Waals surface area (Å²) >= 11 is 0. The monoisotopic (exact) mass is 152 g/mol. The van der Waals surface area contributed by atoms with Gasteiger partial charge in [0.1, 0.15) is 0 Å². The van der Waals surface area contributed by atoms with Gasteiger partial charge in [0.15, 0.2) is 0 Å². The summed E-state index contributed by atoms with van der Waals surface area (Å²) in [5.41, 5.74) is 1.51. The van der Waals surface area contributed by atoms with Crippen molar-refractivity contribution in [1.82, 2.24) is 0 Å². The Morgan fingerprint density at radius 3 is 2.45 bits per heavy atom. The van der Waals surface area contributed by atoms with Crippen molar-refractivity contribution in [3.05, 3.63) is 12.2 Å². The van der Waals surface area contributed by atoms with Crippen LogP contribution in [-0.2, 0) is 0 Å². The second-order valence-electron chi connectivity index (χ2n) is 4.63. The first-order valence-corrected chi connectivity index (χ1v) is 4.40. The predicted octanol–water partition coefficient (Wildman–Crippen LogP) is 1.97. The maximum Gasteiger partial charge on any atom is 0.0753 e. The van der Waals surface area contributed by atoms with Crippen LogP contribution in [0.3, 0.4) is 0 Å². The lowest BCUT2D eigenvalue weighted by atomic mass is 9.47. The lowest BCUT2D eigenvalue weighted by Crippen LogP contribution is -2.53. The van der Waals surface area contributed by atoms with Crippen molar-refractivity contribution >= 4 is 0 Å². The van der Waals surface area contributed by atoms with E-state index >= 15 is 0 Å². The maximum atomic E-state index is 9.51. The van der Waals surface area contributed by atoms with E-state index in [1.807, 2.05) is 0 Å². The van der Waals surface area contributed by atoms with Crippen molar-refractivity contribution in [2.75, 3.05) is 0 Å². The van der Waals surface area contributed by atoms with Gasteiger partial charge < -0.3 is 5.11 Å². The molecule has 1 nitrogen and oxygen atoms in total. The topological polar surface area (TPSA) is 20.2 Å². The number of hydrogen-bond acceptors (Lipinski definition) is 1. The average Bonchev–Trinajstić information content (AvgIpc) is 1.93. The summed E-state index contributed by atoms with van der Waals surface area (Å²) in [6, 6.07) is 0. The molecule has 0 saturated heterocycles. The van der Waals surface area contributed by atoms with Crippen LogP contribution in [0.4, 0.5) is 0 Å². The van der Waals surface area contributed by atoms with E-state index in [2.05, 4.69) is 20.4 Å². The molecule has 11 heavy (non-hydrogen) atoms. The van der Waals surface area contributed by atoms with Crippen LogP contribution in [-0.4, -0.2) is 11.2 Å². The van der Waals surface area contributed by atoms with Gasteiger partial charge in [-0.25, -0.2) is 0 Å². The summed E-state index contributed by atoms with van der Waals surface area (Å²) in [4.78, 5) is 0. The van der Waals surface area contributed by atoms with Crippen molar-refractivity contribution < 1.29 is 5.11 Å². The van der Waals surface area contributed by atoms with E-state index in [1.54, 1.807) is 0 Å². The van der Waals surface area contributed by atoms with Gasteiger partial charge >= 0.3 is 0 Å². The summed E-state index contributed by atoms with van der Waals surface area (Å²) in [5.74, 6) is 1.34. The molecule has 0 heterocycles. The molecule has 3 rings (SSSR count). The molecule has 3 fully saturated rings. The second kappa shape index (κ2) is 1.89. The average molecular weight is 152 g/mol. The number of rotatable bonds is 0. The first kappa shape index (κ1) is 7.35. The van der Waals surface area contributed by atoms with Crippen molar-refractivity contribution in [2.24, 2.45) is 17.3 Å². The van der Waals surface area contributed by atoms with Crippen LogP contribution in [0.25, 0.3) is 0 Å². The van der Waals surface area contributed by atoms with E-state index in [-0.39, 0.29) is 6.10 Å². The van der Waals surface area contributed by atoms with E-state index in [9.17, 15) is 5.11 Å². The minimum Gasteiger partial charge on any atom is -0.389 e. The zero-order valence-corrected chi connectivity index (χ0v) is 7.30. The normalized spacial score (nSPS) is 46.8. The highest BCUT2D eigenvalue weighted by Gasteiger charge is 2.54. The summed E-state index contributed by atoms with van der Waals surface area (Å²) in [5, 5.41) is 9.51. The standard InChI is InChI=1S/C10H16O/c1-6-8-4-7(5-9(6)11)10(8,2)3/h7-9,11H,1,4-5H2,2-3H3/t7?,8?,9-/m0/s1. The van der Waals surface area contributed by atoms with Crippen LogP contribution in [0, 0.1) is 17.3 Å². The van der Waals surface area contributed by atoms with Crippen LogP contribution < -0.4 is 0 Å². The Bertz CT molecular complexity index is 205. The molecule has 3 atom stereocenters. The molecule has 0 spiro atoms. The molecule has 3 aliphatic rings. The van der Waals surface area contributed by atoms with E-state index in [0.717, 1.165) is 17.9 Å². The smallest absolute Gasteiger partial charge is 0.0753 e. The molecule has 62 valence electrons. The van der Waals surface area contributed by atoms with Crippen molar-refractivity contribution in [3.63, 3.8) is 0 Å². The molecule has 0 amide bonds. The summed E-state index contributed by atoms with van der Waals surface area (Å²) in [7, 11) is 0. The Labute approximate surface area is 68.1 Å². The molecule has 0 radical (unpaired) electrons. The summed E-state index contributed by atoms with van der Waals surface area (Å²) < 4.78 is 0. The van der Waals surface area contributed by atoms with Gasteiger partial charge in [-0.1, -0.05) is 20.4 Å². The number of aliphatic hydroxyl groups excluding tert-OH is 1. The van der Waals surface area contributed by atoms with Crippen LogP contribution in [0.15, 0.2) is 12.2 Å². The van der Waals surface area contributed by atoms with Crippen molar-refractivity contribution in [2.45, 2.75) is 32.8 Å². The first-order valence-electron chi connectivity index (χ1n) is 4.40. The molecule has 0 aliphatic heterocycles. The molecule has 3 saturated carbocycles. The first-order chi connectivity index (χ1) is 5.03. The second-order valence-corrected chi connectivity index (χ2v) is 4.63. The van der Waals surface area contributed by atoms with Gasteiger partial charge in [-0.3, -0.25) is 0 Å². The van der Waals surface area contributed by atoms with E-state index in [4.69, 9.17) is 0 Å². The summed E-state index contributed by atoms with van der Waals surface area (Å²) in [6.45, 7) is 8.55. The molecule has 1 heteroatoms. The fourth-order valence-electron chi connectivity index (χ4n) is 2.70. The fraction of sp³-hybridized carbons (Fsp3) is 0.800. The number of aliphatic hydroxyl groups is 1. The van der Waals surface area contributed by atoms with Gasteiger partial charge in [0.25, 0.3) is 0 Å². The van der Waals surface area contributed by atoms with Gasteiger partial charge in [-0.15, -0.1) is 0 Å². The third-order valence-electron chi connectivity index (χ3n) is 3.85. The third-order valence-corrected chi connectivity index (χ3v) is 3.85. The lowest BCUT2D eigenvalue weighted by molar-refractivity contribution is -0.0705. The predicted molar refractivity (Wildman–Crippen MR) is 45.1 cm³/mol. The maximum absolute atomic E-state index is 9.51. The Balaban J connectivity index is 2.23. The number of hydrogen-bond donors (Lipinski definition) is 1. The molecule has 0 aromatic heterocycles. The van der Waals surface area contributed by atoms with Crippen LogP contribution in [0.5, 0.6) is 0 Å². The minimum absolute atomic E-state index is 0.202. The van der Waals surface area contributed by atoms with Crippen molar-refractivity contribution in [3.8, 4) is 0 Å². The van der Waals surface area contributed by atoms with Gasteiger partial charge in [-0.2, -0.15) is 0 Å². The van der Waals surface area contributed by atoms with E-state index < -0.39 is 0 Å². The zero-order chi connectivity index (χ0) is 8.22. The lowest BCUT2D eigenvalue weighted by Gasteiger charge is -2.59. The Morgan fingerprint density at radius 1 is 1.45 bits per heavy atom. The molecular formula is C10H16O. The largest absolute Gasteiger partial charge is 0.389 e. The minimum atomic E-state index is -0.202. The van der Waals surface area contributed by atoms with Gasteiger partial charge in [0.2, 0.25) is 0 Å². The van der Waals surface area contributed by atoms with E-state index in [1.165, 1.54) is 6.42 Å². The van der Waals surface area contributed by atoms with Crippen molar-refractivity contribution in [1.29, 1.82) is 0 Å². The molecular weight excluding hydrogens is 136 g/mol. The highest BCUT2D eigenvalue weighted by Crippen LogP contribution is 2.60. The highest BCUT2D eigenvalue weighted by atomic mass is 16.3. The number of fused-ring (bicyclic) bond motifs is 2. The fourth-order valence-corrected chi connectivity index (χ4v) is 2.70. The molecule has 3 aliphatic carbocycles. The Hall–Kier alpha value is -0.300. The van der Waals surface area contributed by atoms with Gasteiger partial charge in [0, 0.05) is 0 Å². The SMILES string of the molecule is C=C1C2CC(C[C@@H]1O)C2(C)C. The molecule has 2 unspecified atom stereocenters. The Kier molecular flexibility index (Phi) is 1.26. The van der Waals surface area contributed by atoms with Crippen LogP contribution in [0.1, 0.15) is 26.7 Å². The molecule has 0 aromatic carbocycles. The molecule has 0 aromatic rings. The highest BCUT2D eigenvalue weighted by molar-refractivity contribution is 5.22. The van der Waals surface area contributed by atoms with Crippen LogP contribution in [0.2, 0.25) is 0 Å². The summed E-state index contributed by atoms with van der Waals surface area (Å²) in [6.07, 6.45) is 2.01. The molecule has 2 bridgehead atoms. The van der Waals surface area contributed by atoms with Gasteiger partial charge in [-0.05, 0) is 35.7 Å². The molecule has 1 N–H and O–H groups in total. The third kappa shape index (κ3) is 0.750. The van der Waals surface area contributed by atoms with E-state index in [0.29, 0.717) is 11.3 Å². The Morgan fingerprint density at radius 2 is 2.09 bits per heavy atom. The van der Waals surface area contributed by atoms with Crippen LogP contribution >= 0.6 is 0 Å².